The molecule has 2 unspecified atom stereocenters. The van der Waals surface area contributed by atoms with E-state index in [4.69, 9.17) is 9.52 Å². The van der Waals surface area contributed by atoms with E-state index in [1.54, 1.807) is 0 Å². The van der Waals surface area contributed by atoms with Crippen molar-refractivity contribution < 1.29 is 23.9 Å². The van der Waals surface area contributed by atoms with Gasteiger partial charge in [0.1, 0.15) is 12.0 Å². The highest BCUT2D eigenvalue weighted by atomic mass is 16.4. The third kappa shape index (κ3) is 2.72. The van der Waals surface area contributed by atoms with Crippen LogP contribution in [0.15, 0.2) is 10.7 Å². The highest BCUT2D eigenvalue weighted by Gasteiger charge is 2.42. The van der Waals surface area contributed by atoms with Crippen LogP contribution in [-0.2, 0) is 9.59 Å². The van der Waals surface area contributed by atoms with E-state index in [9.17, 15) is 14.4 Å². The van der Waals surface area contributed by atoms with Crippen LogP contribution in [0.5, 0.6) is 0 Å². The van der Waals surface area contributed by atoms with Gasteiger partial charge in [-0.1, -0.05) is 0 Å². The van der Waals surface area contributed by atoms with Gasteiger partial charge in [-0.3, -0.25) is 9.59 Å². The number of hydrogen-bond acceptors (Lipinski definition) is 5. The van der Waals surface area contributed by atoms with Crippen LogP contribution in [0.25, 0.3) is 0 Å². The summed E-state index contributed by atoms with van der Waals surface area (Å²) in [4.78, 5) is 40.9. The van der Waals surface area contributed by atoms with E-state index < -0.39 is 5.97 Å². The predicted octanol–water partition coefficient (Wildman–Crippen LogP) is 1.69. The van der Waals surface area contributed by atoms with Gasteiger partial charge in [-0.15, -0.1) is 0 Å². The Morgan fingerprint density at radius 2 is 1.83 bits per heavy atom. The lowest BCUT2D eigenvalue weighted by atomic mass is 9.67. The van der Waals surface area contributed by atoms with Gasteiger partial charge in [0.15, 0.2) is 5.69 Å². The molecular weight excluding hydrogens is 312 g/mol. The average molecular weight is 332 g/mol. The van der Waals surface area contributed by atoms with E-state index in [2.05, 4.69) is 4.98 Å². The number of carboxylic acids is 1. The van der Waals surface area contributed by atoms with Crippen molar-refractivity contribution in [1.82, 2.24) is 9.88 Å². The number of carbonyl (C=O) groups excluding carboxylic acids is 2. The first kappa shape index (κ1) is 15.4. The Hall–Kier alpha value is -2.18. The number of oxazole rings is 1. The lowest BCUT2D eigenvalue weighted by Gasteiger charge is -2.43. The molecule has 1 amide bonds. The second kappa shape index (κ2) is 5.72. The van der Waals surface area contributed by atoms with Crippen LogP contribution >= 0.6 is 0 Å². The minimum Gasteiger partial charge on any atom is -0.476 e. The number of aromatic carboxylic acids is 1. The van der Waals surface area contributed by atoms with Crippen molar-refractivity contribution in [3.63, 3.8) is 0 Å². The lowest BCUT2D eigenvalue weighted by molar-refractivity contribution is -0.144. The Kier molecular flexibility index (Phi) is 3.66. The van der Waals surface area contributed by atoms with Crippen LogP contribution in [-0.4, -0.2) is 45.7 Å². The lowest BCUT2D eigenvalue weighted by Crippen LogP contribution is -2.52. The number of Topliss-reactive ketones (excluding diaryl/α,β-unsaturated/α-hetero) is 1. The van der Waals surface area contributed by atoms with Gasteiger partial charge >= 0.3 is 5.97 Å². The zero-order valence-corrected chi connectivity index (χ0v) is 13.3. The largest absolute Gasteiger partial charge is 0.476 e. The fourth-order valence-corrected chi connectivity index (χ4v) is 4.47. The maximum atomic E-state index is 12.7. The first-order chi connectivity index (χ1) is 11.5. The van der Waals surface area contributed by atoms with Crippen molar-refractivity contribution in [2.45, 2.75) is 38.0 Å². The summed E-state index contributed by atoms with van der Waals surface area (Å²) in [6, 6.07) is 0. The first-order valence-electron chi connectivity index (χ1n) is 8.48. The van der Waals surface area contributed by atoms with Gasteiger partial charge in [0.05, 0.1) is 5.92 Å². The summed E-state index contributed by atoms with van der Waals surface area (Å²) in [6.45, 7) is 1.06. The minimum atomic E-state index is -1.11. The molecule has 1 aromatic rings. The summed E-state index contributed by atoms with van der Waals surface area (Å²) < 4.78 is 5.21. The molecule has 1 aromatic heterocycles. The number of ketones is 1. The third-order valence-electron chi connectivity index (χ3n) is 5.57. The van der Waals surface area contributed by atoms with Gasteiger partial charge in [0.25, 0.3) is 0 Å². The summed E-state index contributed by atoms with van der Waals surface area (Å²) in [5.74, 6) is 0.558. The normalized spacial score (nSPS) is 30.1. The first-order valence-corrected chi connectivity index (χ1v) is 8.48. The number of likely N-dealkylation sites (tertiary alicyclic amines) is 1. The Bertz CT molecular complexity index is 675. The Morgan fingerprint density at radius 3 is 2.42 bits per heavy atom. The van der Waals surface area contributed by atoms with E-state index in [1.807, 2.05) is 4.90 Å². The van der Waals surface area contributed by atoms with Gasteiger partial charge in [-0.2, -0.15) is 0 Å². The van der Waals surface area contributed by atoms with Crippen LogP contribution < -0.4 is 0 Å². The molecule has 0 spiro atoms. The number of rotatable bonds is 3. The maximum Gasteiger partial charge on any atom is 0.357 e. The highest BCUT2D eigenvalue weighted by Crippen LogP contribution is 2.42. The number of amides is 1. The SMILES string of the molecule is O=C1CC2CC(C1)CC(C(=O)N1CC(c3nc(C(=O)O)co3)C1)C2. The molecule has 0 aromatic carbocycles. The Morgan fingerprint density at radius 1 is 1.17 bits per heavy atom. The molecule has 1 saturated heterocycles. The average Bonchev–Trinajstić information content (AvgIpc) is 2.94. The van der Waals surface area contributed by atoms with Gasteiger partial charge in [0, 0.05) is 31.8 Å². The minimum absolute atomic E-state index is 0.0216. The van der Waals surface area contributed by atoms with Crippen molar-refractivity contribution in [1.29, 1.82) is 0 Å². The van der Waals surface area contributed by atoms with Crippen LogP contribution in [0.2, 0.25) is 0 Å². The number of carbonyl (C=O) groups is 3. The number of nitrogens with zero attached hydrogens (tertiary/aromatic N) is 2. The van der Waals surface area contributed by atoms with E-state index in [0.29, 0.717) is 49.4 Å². The smallest absolute Gasteiger partial charge is 0.357 e. The maximum absolute atomic E-state index is 12.7. The monoisotopic (exact) mass is 332 g/mol. The van der Waals surface area contributed by atoms with Crippen molar-refractivity contribution in [2.24, 2.45) is 17.8 Å². The number of hydrogen-bond donors (Lipinski definition) is 1. The molecule has 7 nitrogen and oxygen atoms in total. The second-order valence-corrected chi connectivity index (χ2v) is 7.40. The molecule has 0 radical (unpaired) electrons. The molecule has 2 atom stereocenters. The molecule has 2 bridgehead atoms. The summed E-state index contributed by atoms with van der Waals surface area (Å²) >= 11 is 0. The molecule has 3 fully saturated rings. The van der Waals surface area contributed by atoms with Gasteiger partial charge in [-0.05, 0) is 31.1 Å². The molecule has 24 heavy (non-hydrogen) atoms. The molecule has 1 aliphatic heterocycles. The van der Waals surface area contributed by atoms with Gasteiger partial charge < -0.3 is 14.4 Å². The van der Waals surface area contributed by atoms with Gasteiger partial charge in [-0.25, -0.2) is 9.78 Å². The molecular formula is C17H20N2O5. The van der Waals surface area contributed by atoms with Crippen LogP contribution in [0.1, 0.15) is 54.4 Å². The summed E-state index contributed by atoms with van der Waals surface area (Å²) in [7, 11) is 0. The van der Waals surface area contributed by atoms with E-state index in [1.165, 1.54) is 0 Å². The van der Waals surface area contributed by atoms with E-state index in [0.717, 1.165) is 25.5 Å². The quantitative estimate of drug-likeness (QED) is 0.904. The van der Waals surface area contributed by atoms with E-state index in [-0.39, 0.29) is 23.4 Å². The van der Waals surface area contributed by atoms with Crippen LogP contribution in [0, 0.1) is 17.8 Å². The molecule has 2 heterocycles. The molecule has 4 rings (SSSR count). The Balaban J connectivity index is 1.34. The number of carboxylic acid groups (broad SMARTS) is 1. The molecule has 2 aliphatic carbocycles. The topological polar surface area (TPSA) is 101 Å². The second-order valence-electron chi connectivity index (χ2n) is 7.40. The number of fused-ring (bicyclic) bond motifs is 2. The summed E-state index contributed by atoms with van der Waals surface area (Å²) in [5.41, 5.74) is -0.0976. The Labute approximate surface area is 139 Å². The van der Waals surface area contributed by atoms with Crippen LogP contribution in [0.4, 0.5) is 0 Å². The highest BCUT2D eigenvalue weighted by molar-refractivity contribution is 5.85. The van der Waals surface area contributed by atoms with Crippen LogP contribution in [0.3, 0.4) is 0 Å². The van der Waals surface area contributed by atoms with Crippen molar-refractivity contribution >= 4 is 17.7 Å². The molecule has 1 N–H and O–H groups in total. The third-order valence-corrected chi connectivity index (χ3v) is 5.57. The zero-order chi connectivity index (χ0) is 16.8. The summed E-state index contributed by atoms with van der Waals surface area (Å²) in [6.07, 6.45) is 5.15. The molecule has 2 saturated carbocycles. The predicted molar refractivity (Wildman–Crippen MR) is 81.3 cm³/mol. The fourth-order valence-electron chi connectivity index (χ4n) is 4.47. The molecule has 7 heteroatoms. The van der Waals surface area contributed by atoms with E-state index >= 15 is 0 Å². The van der Waals surface area contributed by atoms with Crippen molar-refractivity contribution in [3.05, 3.63) is 17.8 Å². The van der Waals surface area contributed by atoms with Crippen molar-refractivity contribution in [2.75, 3.05) is 13.1 Å². The number of aromatic nitrogens is 1. The zero-order valence-electron chi connectivity index (χ0n) is 13.3. The molecule has 128 valence electrons. The van der Waals surface area contributed by atoms with Crippen molar-refractivity contribution in [3.8, 4) is 0 Å². The fraction of sp³-hybridized carbons (Fsp3) is 0.647. The molecule has 3 aliphatic rings. The van der Waals surface area contributed by atoms with Gasteiger partial charge in [0.2, 0.25) is 11.8 Å². The standard InChI is InChI=1S/C17H20N2O5/c20-13-4-9-1-10(5-13)3-11(2-9)16(21)19-6-12(7-19)15-18-14(8-24-15)17(22)23/h8-12H,1-7H2,(H,22,23). The summed E-state index contributed by atoms with van der Waals surface area (Å²) in [5, 5.41) is 8.87.